The predicted octanol–water partition coefficient (Wildman–Crippen LogP) is 4.56. The quantitative estimate of drug-likeness (QED) is 0.0438. The summed E-state index contributed by atoms with van der Waals surface area (Å²) in [5.74, 6) is -5.53. The predicted molar refractivity (Wildman–Crippen MR) is 310 cm³/mol. The summed E-state index contributed by atoms with van der Waals surface area (Å²) in [5.41, 5.74) is 3.89. The zero-order valence-corrected chi connectivity index (χ0v) is 50.4. The van der Waals surface area contributed by atoms with Gasteiger partial charge in [0.05, 0.1) is 44.9 Å². The third kappa shape index (κ3) is 15.3. The molecule has 23 heteroatoms. The van der Waals surface area contributed by atoms with E-state index in [0.717, 1.165) is 11.1 Å². The van der Waals surface area contributed by atoms with Gasteiger partial charge in [0.2, 0.25) is 0 Å². The van der Waals surface area contributed by atoms with Gasteiger partial charge >= 0.3 is 11.9 Å². The molecule has 0 amide bonds. The van der Waals surface area contributed by atoms with Crippen molar-refractivity contribution in [2.75, 3.05) is 55.9 Å². The molecule has 11 unspecified atom stereocenters. The number of methoxy groups -OCH3 is 6. The van der Waals surface area contributed by atoms with Crippen LogP contribution in [0.2, 0.25) is 0 Å². The highest BCUT2D eigenvalue weighted by atomic mass is 16.8. The molecular formula is C66H80O23. The Hall–Kier alpha value is -5.72. The zero-order valence-electron chi connectivity index (χ0n) is 50.4. The summed E-state index contributed by atoms with van der Waals surface area (Å²) in [6.45, 7) is -0.764. The normalized spacial score (nSPS) is 34.3. The van der Waals surface area contributed by atoms with Gasteiger partial charge in [-0.2, -0.15) is 0 Å². The molecule has 4 saturated heterocycles. The Labute approximate surface area is 517 Å². The third-order valence-corrected chi connectivity index (χ3v) is 16.7. The number of carbonyl (C=O) groups excluding carboxylic acids is 2. The molecule has 0 aromatic heterocycles. The molecule has 4 heterocycles. The number of hydrogen-bond donors (Lipinski definition) is 3. The molecule has 1 saturated carbocycles. The van der Waals surface area contributed by atoms with Crippen molar-refractivity contribution in [1.29, 1.82) is 0 Å². The fourth-order valence-electron chi connectivity index (χ4n) is 12.2. The van der Waals surface area contributed by atoms with Gasteiger partial charge in [-0.15, -0.1) is 0 Å². The van der Waals surface area contributed by atoms with Crippen LogP contribution in [0.5, 0.6) is 0 Å². The molecule has 21 atom stereocenters. The molecule has 23 nitrogen and oxygen atoms in total. The summed E-state index contributed by atoms with van der Waals surface area (Å²) < 4.78 is 114. The largest absolute Gasteiger partial charge is 0.459 e. The van der Waals surface area contributed by atoms with Crippen molar-refractivity contribution >= 4 is 11.9 Å². The first kappa shape index (κ1) is 66.2. The van der Waals surface area contributed by atoms with Crippen LogP contribution in [0.15, 0.2) is 152 Å². The number of aliphatic hydroxyl groups excluding tert-OH is 3. The van der Waals surface area contributed by atoms with E-state index in [1.807, 2.05) is 127 Å². The van der Waals surface area contributed by atoms with Gasteiger partial charge in [0, 0.05) is 42.7 Å². The average Bonchev–Trinajstić information content (AvgIpc) is 1.52. The van der Waals surface area contributed by atoms with Crippen LogP contribution in [0.1, 0.15) is 27.8 Å². The molecule has 1 aliphatic carbocycles. The molecule has 482 valence electrons. The van der Waals surface area contributed by atoms with Gasteiger partial charge in [-0.3, -0.25) is 0 Å². The lowest BCUT2D eigenvalue weighted by Gasteiger charge is -2.48. The second kappa shape index (κ2) is 31.5. The molecule has 0 spiro atoms. The van der Waals surface area contributed by atoms with Crippen molar-refractivity contribution in [1.82, 2.24) is 0 Å². The SMILES string of the molecule is COC1C(OC)[C@H](O)C(C(=O)OCc2ccccc2)O[C@H]1O[C@@H]1C(CO)O[C@@H](OC2(OC)[C@@H]3C(C(=O)OCc4ccccc4)O[C@@H](O[C@@H]4C(COCc5ccccc5)O[C@H](OC)C(OCc5ccccc5)C4OC)C(OC)[C@H]32)C(OCc2ccccc2)[C@H]1O. The molecule has 5 aliphatic rings. The van der Waals surface area contributed by atoms with Crippen molar-refractivity contribution in [3.63, 3.8) is 0 Å². The smallest absolute Gasteiger partial charge is 0.338 e. The summed E-state index contributed by atoms with van der Waals surface area (Å²) >= 11 is 0. The Bertz CT molecular complexity index is 2920. The molecule has 5 aromatic carbocycles. The topological polar surface area (TPSA) is 261 Å². The monoisotopic (exact) mass is 1240 g/mol. The molecule has 5 fully saturated rings. The molecule has 0 radical (unpaired) electrons. The minimum Gasteiger partial charge on any atom is -0.459 e. The fraction of sp³-hybridized carbons (Fsp3) is 0.515. The number of ether oxygens (including phenoxy) is 18. The van der Waals surface area contributed by atoms with Crippen LogP contribution < -0.4 is 0 Å². The van der Waals surface area contributed by atoms with Gasteiger partial charge in [0.1, 0.15) is 86.5 Å². The maximum Gasteiger partial charge on any atom is 0.338 e. The summed E-state index contributed by atoms with van der Waals surface area (Å²) in [7, 11) is 8.49. The molecule has 0 bridgehead atoms. The maximum absolute atomic E-state index is 14.9. The molecule has 3 N–H and O–H groups in total. The Balaban J connectivity index is 0.957. The Morgan fingerprint density at radius 3 is 1.36 bits per heavy atom. The van der Waals surface area contributed by atoms with E-state index in [9.17, 15) is 24.9 Å². The standard InChI is InChI=1S/C66H80O23/c1-72-53-47-46(52(60(70)81-36-42-28-18-10-19-29-42)87-63(53)86-51-45(38-78-33-39-22-12-7-13-23-39)84-62(76-5)59(57(51)74-3)80-35-41-26-16-9-17-27-41)66(47,77-6)89-65-56(79-34-40-24-14-8-15-25-40)48(68)50(44(32-67)83-65)85-64-58(75-4)54(73-2)49(69)55(88-64)61(71)82-37-43-30-20-11-21-31-43/h7-31,44-59,62-65,67-69H,32-38H2,1-6H3/t44?,45?,46-,47-,48-,49-,50+,51+,52?,53?,54?,55?,56?,57?,58?,59?,62-,63+,64+,65-,66?/m0/s1. The highest BCUT2D eigenvalue weighted by Crippen LogP contribution is 2.63. The number of aliphatic hydroxyl groups is 3. The summed E-state index contributed by atoms with van der Waals surface area (Å²) in [5, 5.41) is 35.4. The van der Waals surface area contributed by atoms with Crippen LogP contribution in [0.25, 0.3) is 0 Å². The first-order valence-electron chi connectivity index (χ1n) is 29.6. The number of hydrogen-bond acceptors (Lipinski definition) is 23. The van der Waals surface area contributed by atoms with E-state index in [2.05, 4.69) is 0 Å². The first-order valence-corrected chi connectivity index (χ1v) is 29.6. The number of rotatable bonds is 29. The molecular weight excluding hydrogens is 1160 g/mol. The van der Waals surface area contributed by atoms with Crippen molar-refractivity contribution in [2.45, 2.75) is 149 Å². The van der Waals surface area contributed by atoms with Gasteiger partial charge in [0.25, 0.3) is 0 Å². The molecule has 4 aliphatic heterocycles. The maximum atomic E-state index is 14.9. The summed E-state index contributed by atoms with van der Waals surface area (Å²) in [6.07, 6.45) is -23.7. The van der Waals surface area contributed by atoms with E-state index in [0.29, 0.717) is 16.7 Å². The van der Waals surface area contributed by atoms with Crippen molar-refractivity contribution in [3.05, 3.63) is 179 Å². The van der Waals surface area contributed by atoms with Crippen LogP contribution in [0.4, 0.5) is 0 Å². The number of esters is 2. The number of carbonyl (C=O) groups is 2. The minimum absolute atomic E-state index is 0.0208. The van der Waals surface area contributed by atoms with E-state index >= 15 is 0 Å². The van der Waals surface area contributed by atoms with E-state index < -0.39 is 147 Å². The van der Waals surface area contributed by atoms with Crippen molar-refractivity contribution < 1.29 is 110 Å². The van der Waals surface area contributed by atoms with Gasteiger partial charge in [-0.05, 0) is 27.8 Å². The van der Waals surface area contributed by atoms with Crippen molar-refractivity contribution in [2.24, 2.45) is 11.8 Å². The van der Waals surface area contributed by atoms with E-state index in [4.69, 9.17) is 85.3 Å². The van der Waals surface area contributed by atoms with Gasteiger partial charge in [-0.25, -0.2) is 9.59 Å². The number of benzene rings is 5. The average molecular weight is 1240 g/mol. The molecule has 5 aromatic rings. The first-order chi connectivity index (χ1) is 43.5. The van der Waals surface area contributed by atoms with Gasteiger partial charge < -0.3 is 101 Å². The van der Waals surface area contributed by atoms with Gasteiger partial charge in [-0.1, -0.05) is 152 Å². The van der Waals surface area contributed by atoms with Gasteiger partial charge in [0.15, 0.2) is 43.2 Å². The van der Waals surface area contributed by atoms with Crippen LogP contribution in [0, 0.1) is 11.8 Å². The second-order valence-electron chi connectivity index (χ2n) is 22.1. The minimum atomic E-state index is -1.87. The van der Waals surface area contributed by atoms with Crippen LogP contribution in [0.3, 0.4) is 0 Å². The van der Waals surface area contributed by atoms with E-state index in [1.54, 1.807) is 24.3 Å². The van der Waals surface area contributed by atoms with E-state index in [-0.39, 0.29) is 39.6 Å². The zero-order chi connectivity index (χ0) is 62.4. The van der Waals surface area contributed by atoms with Crippen LogP contribution >= 0.6 is 0 Å². The highest BCUT2D eigenvalue weighted by Gasteiger charge is 2.80. The Kier molecular flexibility index (Phi) is 23.5. The lowest BCUT2D eigenvalue weighted by atomic mass is 9.96. The molecule has 10 rings (SSSR count). The third-order valence-electron chi connectivity index (χ3n) is 16.7. The van der Waals surface area contributed by atoms with E-state index in [1.165, 1.54) is 42.7 Å². The van der Waals surface area contributed by atoms with Crippen LogP contribution in [-0.2, 0) is 128 Å². The summed E-state index contributed by atoms with van der Waals surface area (Å²) in [6, 6.07) is 46.4. The fourth-order valence-corrected chi connectivity index (χ4v) is 12.2. The van der Waals surface area contributed by atoms with Crippen LogP contribution in [-0.4, -0.2) is 200 Å². The second-order valence-corrected chi connectivity index (χ2v) is 22.1. The summed E-state index contributed by atoms with van der Waals surface area (Å²) in [4.78, 5) is 28.6. The van der Waals surface area contributed by atoms with Crippen molar-refractivity contribution in [3.8, 4) is 0 Å². The lowest BCUT2D eigenvalue weighted by molar-refractivity contribution is -0.382. The lowest BCUT2D eigenvalue weighted by Crippen LogP contribution is -2.66. The molecule has 89 heavy (non-hydrogen) atoms. The highest BCUT2D eigenvalue weighted by molar-refractivity contribution is 5.77. The number of fused-ring (bicyclic) bond motifs is 1. The Morgan fingerprint density at radius 2 is 0.865 bits per heavy atom. The Morgan fingerprint density at radius 1 is 0.416 bits per heavy atom.